The molecule has 0 radical (unpaired) electrons. The zero-order valence-corrected chi connectivity index (χ0v) is 11.8. The van der Waals surface area contributed by atoms with Crippen molar-refractivity contribution in [2.45, 2.75) is 13.3 Å². The predicted molar refractivity (Wildman–Crippen MR) is 75.8 cm³/mol. The van der Waals surface area contributed by atoms with Crippen LogP contribution in [0.1, 0.15) is 11.3 Å². The van der Waals surface area contributed by atoms with E-state index in [1.54, 1.807) is 31.2 Å². The van der Waals surface area contributed by atoms with Gasteiger partial charge in [0.25, 0.3) is 5.56 Å². The smallest absolute Gasteiger partial charge is 0.310 e. The van der Waals surface area contributed by atoms with Crippen LogP contribution in [0.4, 0.5) is 0 Å². The van der Waals surface area contributed by atoms with Crippen LogP contribution in [0.15, 0.2) is 29.1 Å². The van der Waals surface area contributed by atoms with Gasteiger partial charge in [0.2, 0.25) is 0 Å². The Morgan fingerprint density at radius 3 is 2.80 bits per heavy atom. The first-order valence-electron chi connectivity index (χ1n) is 5.94. The van der Waals surface area contributed by atoms with E-state index in [0.717, 1.165) is 0 Å². The Morgan fingerprint density at radius 2 is 2.20 bits per heavy atom. The molecule has 0 unspecified atom stereocenters. The Balaban J connectivity index is 2.45. The monoisotopic (exact) mass is 292 g/mol. The van der Waals surface area contributed by atoms with Crippen molar-refractivity contribution < 1.29 is 9.53 Å². The van der Waals surface area contributed by atoms with Crippen molar-refractivity contribution in [2.24, 2.45) is 0 Å². The molecule has 20 heavy (non-hydrogen) atoms. The van der Waals surface area contributed by atoms with Gasteiger partial charge in [-0.05, 0) is 19.1 Å². The third-order valence-corrected chi connectivity index (χ3v) is 3.10. The SMILES string of the molecule is COC(=O)Cc1c(C)nc(-c2cccc(Cl)c2)[nH]c1=O. The van der Waals surface area contributed by atoms with Gasteiger partial charge in [0.1, 0.15) is 5.82 Å². The number of halogens is 1. The minimum atomic E-state index is -0.476. The highest BCUT2D eigenvalue weighted by molar-refractivity contribution is 6.30. The maximum absolute atomic E-state index is 12.0. The molecule has 0 saturated carbocycles. The van der Waals surface area contributed by atoms with Crippen molar-refractivity contribution in [3.05, 3.63) is 50.9 Å². The highest BCUT2D eigenvalue weighted by atomic mass is 35.5. The molecular formula is C14H13ClN2O3. The fourth-order valence-electron chi connectivity index (χ4n) is 1.81. The number of ether oxygens (including phenoxy) is 1. The number of carbonyl (C=O) groups is 1. The normalized spacial score (nSPS) is 10.3. The van der Waals surface area contributed by atoms with E-state index in [1.807, 2.05) is 0 Å². The summed E-state index contributed by atoms with van der Waals surface area (Å²) in [6.07, 6.45) is -0.0967. The van der Waals surface area contributed by atoms with Gasteiger partial charge in [-0.25, -0.2) is 4.98 Å². The summed E-state index contributed by atoms with van der Waals surface area (Å²) in [4.78, 5) is 30.3. The molecule has 0 bridgehead atoms. The van der Waals surface area contributed by atoms with Crippen LogP contribution in [0.5, 0.6) is 0 Å². The number of methoxy groups -OCH3 is 1. The lowest BCUT2D eigenvalue weighted by molar-refractivity contribution is -0.139. The number of esters is 1. The summed E-state index contributed by atoms with van der Waals surface area (Å²) >= 11 is 5.91. The highest BCUT2D eigenvalue weighted by Crippen LogP contribution is 2.19. The number of aromatic nitrogens is 2. The van der Waals surface area contributed by atoms with Crippen molar-refractivity contribution in [1.29, 1.82) is 0 Å². The molecule has 0 spiro atoms. The number of nitrogens with one attached hydrogen (secondary N) is 1. The van der Waals surface area contributed by atoms with Crippen molar-refractivity contribution in [3.63, 3.8) is 0 Å². The fourth-order valence-corrected chi connectivity index (χ4v) is 2.00. The topological polar surface area (TPSA) is 72.0 Å². The highest BCUT2D eigenvalue weighted by Gasteiger charge is 2.13. The van der Waals surface area contributed by atoms with Gasteiger partial charge in [-0.1, -0.05) is 23.7 Å². The van der Waals surface area contributed by atoms with Crippen molar-refractivity contribution >= 4 is 17.6 Å². The maximum Gasteiger partial charge on any atom is 0.310 e. The number of benzene rings is 1. The third kappa shape index (κ3) is 3.05. The van der Waals surface area contributed by atoms with Gasteiger partial charge in [0, 0.05) is 21.8 Å². The van der Waals surface area contributed by atoms with E-state index in [9.17, 15) is 9.59 Å². The van der Waals surface area contributed by atoms with Gasteiger partial charge in [-0.3, -0.25) is 9.59 Å². The Labute approximate surface area is 120 Å². The van der Waals surface area contributed by atoms with E-state index in [4.69, 9.17) is 11.6 Å². The summed E-state index contributed by atoms with van der Waals surface area (Å²) in [5.41, 5.74) is 1.16. The van der Waals surface area contributed by atoms with Gasteiger partial charge in [-0.15, -0.1) is 0 Å². The van der Waals surface area contributed by atoms with Crippen molar-refractivity contribution in [1.82, 2.24) is 9.97 Å². The first-order chi connectivity index (χ1) is 9.51. The van der Waals surface area contributed by atoms with Crippen LogP contribution in [-0.2, 0) is 16.0 Å². The molecule has 2 rings (SSSR count). The lowest BCUT2D eigenvalue weighted by Gasteiger charge is -2.07. The Morgan fingerprint density at radius 1 is 1.45 bits per heavy atom. The van der Waals surface area contributed by atoms with Crippen LogP contribution in [0, 0.1) is 6.92 Å². The Bertz CT molecular complexity index is 710. The van der Waals surface area contributed by atoms with Gasteiger partial charge >= 0.3 is 5.97 Å². The number of aromatic amines is 1. The average Bonchev–Trinajstić information content (AvgIpc) is 2.42. The molecule has 104 valence electrons. The standard InChI is InChI=1S/C14H13ClN2O3/c1-8-11(7-12(18)20-2)14(19)17-13(16-8)9-4-3-5-10(15)6-9/h3-6H,7H2,1-2H3,(H,16,17,19). The largest absolute Gasteiger partial charge is 0.469 e. The molecule has 2 aromatic rings. The predicted octanol–water partition coefficient (Wildman–Crippen LogP) is 2.11. The molecule has 1 N–H and O–H groups in total. The van der Waals surface area contributed by atoms with Crippen LogP contribution >= 0.6 is 11.6 Å². The van der Waals surface area contributed by atoms with Crippen LogP contribution in [-0.4, -0.2) is 23.0 Å². The van der Waals surface area contributed by atoms with Crippen LogP contribution in [0.2, 0.25) is 5.02 Å². The van der Waals surface area contributed by atoms with Crippen molar-refractivity contribution in [2.75, 3.05) is 7.11 Å². The number of hydrogen-bond donors (Lipinski definition) is 1. The first kappa shape index (κ1) is 14.3. The molecule has 1 aromatic carbocycles. The summed E-state index contributed by atoms with van der Waals surface area (Å²) < 4.78 is 4.56. The number of rotatable bonds is 3. The number of carbonyl (C=O) groups excluding carboxylic acids is 1. The zero-order valence-electron chi connectivity index (χ0n) is 11.1. The molecule has 6 heteroatoms. The summed E-state index contributed by atoms with van der Waals surface area (Å²) in [5, 5.41) is 0.557. The van der Waals surface area contributed by atoms with Gasteiger partial charge in [-0.2, -0.15) is 0 Å². The molecule has 0 amide bonds. The Kier molecular flexibility index (Phi) is 4.20. The number of nitrogens with zero attached hydrogens (tertiary/aromatic N) is 1. The summed E-state index contributed by atoms with van der Waals surface area (Å²) in [6, 6.07) is 7.01. The molecule has 0 aliphatic rings. The summed E-state index contributed by atoms with van der Waals surface area (Å²) in [6.45, 7) is 1.68. The van der Waals surface area contributed by atoms with Crippen LogP contribution in [0.25, 0.3) is 11.4 Å². The third-order valence-electron chi connectivity index (χ3n) is 2.87. The quantitative estimate of drug-likeness (QED) is 0.880. The van der Waals surface area contributed by atoms with E-state index in [-0.39, 0.29) is 12.0 Å². The molecule has 5 nitrogen and oxygen atoms in total. The first-order valence-corrected chi connectivity index (χ1v) is 6.31. The molecule has 0 saturated heterocycles. The van der Waals surface area contributed by atoms with E-state index in [2.05, 4.69) is 14.7 Å². The maximum atomic E-state index is 12.0. The second-order valence-electron chi connectivity index (χ2n) is 4.24. The van der Waals surface area contributed by atoms with E-state index < -0.39 is 5.97 Å². The number of hydrogen-bond acceptors (Lipinski definition) is 4. The van der Waals surface area contributed by atoms with Crippen molar-refractivity contribution in [3.8, 4) is 11.4 Å². The number of aryl methyl sites for hydroxylation is 1. The molecule has 0 aliphatic carbocycles. The summed E-state index contributed by atoms with van der Waals surface area (Å²) in [5.74, 6) is -0.0560. The number of H-pyrrole nitrogens is 1. The molecule has 1 heterocycles. The minimum Gasteiger partial charge on any atom is -0.469 e. The lowest BCUT2D eigenvalue weighted by Crippen LogP contribution is -2.21. The van der Waals surface area contributed by atoms with Crippen LogP contribution < -0.4 is 5.56 Å². The Hall–Kier alpha value is -2.14. The second-order valence-corrected chi connectivity index (χ2v) is 4.68. The molecule has 0 fully saturated rings. The van der Waals surface area contributed by atoms with Gasteiger partial charge in [0.15, 0.2) is 0 Å². The summed E-state index contributed by atoms with van der Waals surface area (Å²) in [7, 11) is 1.28. The minimum absolute atomic E-state index is 0.0967. The second kappa shape index (κ2) is 5.88. The van der Waals surface area contributed by atoms with Gasteiger partial charge in [0.05, 0.1) is 13.5 Å². The molecule has 0 aliphatic heterocycles. The zero-order chi connectivity index (χ0) is 14.7. The fraction of sp³-hybridized carbons (Fsp3) is 0.214. The van der Waals surface area contributed by atoms with E-state index in [0.29, 0.717) is 27.7 Å². The van der Waals surface area contributed by atoms with Gasteiger partial charge < -0.3 is 9.72 Å². The molecule has 0 atom stereocenters. The molecular weight excluding hydrogens is 280 g/mol. The van der Waals surface area contributed by atoms with E-state index >= 15 is 0 Å². The molecule has 1 aromatic heterocycles. The van der Waals surface area contributed by atoms with Crippen LogP contribution in [0.3, 0.4) is 0 Å². The lowest BCUT2D eigenvalue weighted by atomic mass is 10.1. The van der Waals surface area contributed by atoms with E-state index in [1.165, 1.54) is 7.11 Å². The average molecular weight is 293 g/mol.